The fraction of sp³-hybridized carbons (Fsp3) is 0.667. The average Bonchev–Trinajstić information content (AvgIpc) is 2.34. The Balaban J connectivity index is 4.00. The zero-order valence-corrected chi connectivity index (χ0v) is 13.7. The number of rotatable bonds is 8. The minimum Gasteiger partial charge on any atom is -0.480 e. The second-order valence-corrected chi connectivity index (χ2v) is 6.07. The number of carbonyl (C=O) groups is 3. The molecule has 0 aliphatic rings. The maximum atomic E-state index is 11.4. The van der Waals surface area contributed by atoms with E-state index >= 15 is 0 Å². The SMILES string of the molecule is C=C(C)C(=O)N[C@@H](CCCCNC(=O)OC(C)(C)C)C(=O)O. The summed E-state index contributed by atoms with van der Waals surface area (Å²) in [5.41, 5.74) is -0.288. The lowest BCUT2D eigenvalue weighted by Crippen LogP contribution is -2.41. The molecule has 0 aliphatic carbocycles. The van der Waals surface area contributed by atoms with Crippen LogP contribution >= 0.6 is 0 Å². The van der Waals surface area contributed by atoms with Gasteiger partial charge in [0, 0.05) is 12.1 Å². The first-order valence-corrected chi connectivity index (χ1v) is 7.19. The van der Waals surface area contributed by atoms with Crippen molar-refractivity contribution in [2.45, 2.75) is 58.6 Å². The molecule has 126 valence electrons. The van der Waals surface area contributed by atoms with Gasteiger partial charge in [-0.1, -0.05) is 6.58 Å². The Labute approximate surface area is 131 Å². The molecule has 0 heterocycles. The van der Waals surface area contributed by atoms with Crippen LogP contribution in [-0.2, 0) is 14.3 Å². The van der Waals surface area contributed by atoms with E-state index < -0.39 is 29.6 Å². The fourth-order valence-electron chi connectivity index (χ4n) is 1.52. The van der Waals surface area contributed by atoms with Crippen molar-refractivity contribution in [3.8, 4) is 0 Å². The summed E-state index contributed by atoms with van der Waals surface area (Å²) >= 11 is 0. The van der Waals surface area contributed by atoms with Gasteiger partial charge in [0.25, 0.3) is 0 Å². The summed E-state index contributed by atoms with van der Waals surface area (Å²) in [6.45, 7) is 10.7. The van der Waals surface area contributed by atoms with Crippen LogP contribution in [-0.4, -0.2) is 41.3 Å². The van der Waals surface area contributed by atoms with Gasteiger partial charge in [0.05, 0.1) is 0 Å². The molecular formula is C15H26N2O5. The van der Waals surface area contributed by atoms with Crippen molar-refractivity contribution in [3.05, 3.63) is 12.2 Å². The summed E-state index contributed by atoms with van der Waals surface area (Å²) in [6.07, 6.45) is 0.914. The number of amides is 2. The van der Waals surface area contributed by atoms with E-state index in [1.165, 1.54) is 6.92 Å². The normalized spacial score (nSPS) is 12.2. The van der Waals surface area contributed by atoms with E-state index in [9.17, 15) is 14.4 Å². The van der Waals surface area contributed by atoms with Crippen LogP contribution in [0.15, 0.2) is 12.2 Å². The van der Waals surface area contributed by atoms with E-state index in [1.807, 2.05) is 0 Å². The molecule has 0 rings (SSSR count). The summed E-state index contributed by atoms with van der Waals surface area (Å²) < 4.78 is 5.07. The first-order valence-electron chi connectivity index (χ1n) is 7.19. The van der Waals surface area contributed by atoms with Gasteiger partial charge in [-0.25, -0.2) is 9.59 Å². The quantitative estimate of drug-likeness (QED) is 0.468. The molecule has 7 heteroatoms. The Morgan fingerprint density at radius 1 is 1.23 bits per heavy atom. The van der Waals surface area contributed by atoms with Gasteiger partial charge < -0.3 is 20.5 Å². The van der Waals surface area contributed by atoms with Gasteiger partial charge in [0.2, 0.25) is 5.91 Å². The first-order chi connectivity index (χ1) is 10.0. The van der Waals surface area contributed by atoms with E-state index in [0.29, 0.717) is 19.4 Å². The summed E-state index contributed by atoms with van der Waals surface area (Å²) in [5, 5.41) is 14.0. The van der Waals surface area contributed by atoms with Crippen LogP contribution in [0.2, 0.25) is 0 Å². The van der Waals surface area contributed by atoms with Crippen molar-refractivity contribution in [2.24, 2.45) is 0 Å². The summed E-state index contributed by atoms with van der Waals surface area (Å²) in [5.74, 6) is -1.56. The van der Waals surface area contributed by atoms with Crippen molar-refractivity contribution in [1.82, 2.24) is 10.6 Å². The number of hydrogen-bond acceptors (Lipinski definition) is 4. The minimum atomic E-state index is -1.09. The zero-order valence-electron chi connectivity index (χ0n) is 13.7. The average molecular weight is 314 g/mol. The highest BCUT2D eigenvalue weighted by atomic mass is 16.6. The molecule has 0 radical (unpaired) electrons. The van der Waals surface area contributed by atoms with Crippen LogP contribution < -0.4 is 10.6 Å². The van der Waals surface area contributed by atoms with Gasteiger partial charge in [-0.3, -0.25) is 4.79 Å². The third kappa shape index (κ3) is 9.79. The van der Waals surface area contributed by atoms with Gasteiger partial charge in [-0.15, -0.1) is 0 Å². The van der Waals surface area contributed by atoms with Crippen LogP contribution in [0.5, 0.6) is 0 Å². The molecule has 1 atom stereocenters. The molecule has 2 amide bonds. The number of carboxylic acid groups (broad SMARTS) is 1. The highest BCUT2D eigenvalue weighted by Gasteiger charge is 2.19. The van der Waals surface area contributed by atoms with Crippen LogP contribution in [0.3, 0.4) is 0 Å². The Hall–Kier alpha value is -2.05. The second-order valence-electron chi connectivity index (χ2n) is 6.07. The maximum absolute atomic E-state index is 11.4. The van der Waals surface area contributed by atoms with Gasteiger partial charge in [-0.2, -0.15) is 0 Å². The third-order valence-electron chi connectivity index (χ3n) is 2.58. The van der Waals surface area contributed by atoms with E-state index in [4.69, 9.17) is 9.84 Å². The smallest absolute Gasteiger partial charge is 0.407 e. The standard InChI is InChI=1S/C15H26N2O5/c1-10(2)12(18)17-11(13(19)20)8-6-7-9-16-14(21)22-15(3,4)5/h11H,1,6-9H2,2-5H3,(H,16,21)(H,17,18)(H,19,20)/t11-/m0/s1. The number of hydrogen-bond donors (Lipinski definition) is 3. The summed E-state index contributed by atoms with van der Waals surface area (Å²) in [4.78, 5) is 33.9. The Kier molecular flexibility index (Phi) is 8.22. The van der Waals surface area contributed by atoms with Gasteiger partial charge in [-0.05, 0) is 47.0 Å². The number of aliphatic carboxylic acids is 1. The lowest BCUT2D eigenvalue weighted by atomic mass is 10.1. The molecule has 0 unspecified atom stereocenters. The number of ether oxygens (including phenoxy) is 1. The lowest BCUT2D eigenvalue weighted by molar-refractivity contribution is -0.141. The third-order valence-corrected chi connectivity index (χ3v) is 2.58. The largest absolute Gasteiger partial charge is 0.480 e. The molecule has 0 bridgehead atoms. The summed E-state index contributed by atoms with van der Waals surface area (Å²) in [7, 11) is 0. The van der Waals surface area contributed by atoms with Crippen molar-refractivity contribution in [2.75, 3.05) is 6.54 Å². The molecule has 0 saturated heterocycles. The number of alkyl carbamates (subject to hydrolysis) is 1. The molecule has 7 nitrogen and oxygen atoms in total. The maximum Gasteiger partial charge on any atom is 0.407 e. The van der Waals surface area contributed by atoms with E-state index in [1.54, 1.807) is 20.8 Å². The predicted molar refractivity (Wildman–Crippen MR) is 82.5 cm³/mol. The topological polar surface area (TPSA) is 105 Å². The van der Waals surface area contributed by atoms with E-state index in [-0.39, 0.29) is 12.0 Å². The Morgan fingerprint density at radius 2 is 1.82 bits per heavy atom. The molecule has 0 saturated carbocycles. The van der Waals surface area contributed by atoms with Crippen LogP contribution in [0, 0.1) is 0 Å². The molecule has 0 aliphatic heterocycles. The number of nitrogens with one attached hydrogen (secondary N) is 2. The van der Waals surface area contributed by atoms with Crippen LogP contribution in [0.4, 0.5) is 4.79 Å². The van der Waals surface area contributed by atoms with E-state index in [2.05, 4.69) is 17.2 Å². The van der Waals surface area contributed by atoms with Crippen molar-refractivity contribution in [1.29, 1.82) is 0 Å². The highest BCUT2D eigenvalue weighted by molar-refractivity contribution is 5.94. The van der Waals surface area contributed by atoms with Gasteiger partial charge in [0.1, 0.15) is 11.6 Å². The van der Waals surface area contributed by atoms with Crippen molar-refractivity contribution in [3.63, 3.8) is 0 Å². The Bertz CT molecular complexity index is 426. The first kappa shape index (κ1) is 19.9. The van der Waals surface area contributed by atoms with Crippen molar-refractivity contribution >= 4 is 18.0 Å². The molecule has 0 aromatic rings. The number of carboxylic acids is 1. The van der Waals surface area contributed by atoms with Gasteiger partial charge in [0.15, 0.2) is 0 Å². The molecule has 3 N–H and O–H groups in total. The number of unbranched alkanes of at least 4 members (excludes halogenated alkanes) is 1. The van der Waals surface area contributed by atoms with Crippen LogP contribution in [0.25, 0.3) is 0 Å². The fourth-order valence-corrected chi connectivity index (χ4v) is 1.52. The summed E-state index contributed by atoms with van der Waals surface area (Å²) in [6, 6.07) is -0.953. The van der Waals surface area contributed by atoms with Gasteiger partial charge >= 0.3 is 12.1 Å². The molecule has 22 heavy (non-hydrogen) atoms. The highest BCUT2D eigenvalue weighted by Crippen LogP contribution is 2.07. The molecule has 0 fully saturated rings. The molecule has 0 spiro atoms. The second kappa shape index (κ2) is 9.07. The predicted octanol–water partition coefficient (Wildman–Crippen LogP) is 1.83. The number of carbonyl (C=O) groups excluding carboxylic acids is 2. The Morgan fingerprint density at radius 3 is 2.27 bits per heavy atom. The van der Waals surface area contributed by atoms with Crippen LogP contribution in [0.1, 0.15) is 47.0 Å². The monoisotopic (exact) mass is 314 g/mol. The molecule has 0 aromatic heterocycles. The zero-order chi connectivity index (χ0) is 17.3. The molecule has 0 aromatic carbocycles. The lowest BCUT2D eigenvalue weighted by Gasteiger charge is -2.19. The van der Waals surface area contributed by atoms with E-state index in [0.717, 1.165) is 0 Å². The minimum absolute atomic E-state index is 0.262. The van der Waals surface area contributed by atoms with Crippen molar-refractivity contribution < 1.29 is 24.2 Å². The molecular weight excluding hydrogens is 288 g/mol.